The summed E-state index contributed by atoms with van der Waals surface area (Å²) in [5.41, 5.74) is 2.42. The summed E-state index contributed by atoms with van der Waals surface area (Å²) in [4.78, 5) is 0. The molecule has 0 aromatic carbocycles. The van der Waals surface area contributed by atoms with Crippen LogP contribution in [0.2, 0.25) is 6.04 Å². The molecule has 1 N–H and O–H groups in total. The molecule has 0 atom stereocenters. The standard InChI is InChI=1S/C8H19NSi/c1-3-4-5-7-10-8-6-9-2/h5,7,9H,3-4,6,8,10H2,1-2H3. The van der Waals surface area contributed by atoms with Gasteiger partial charge in [-0.25, -0.2) is 0 Å². The fourth-order valence-electron chi connectivity index (χ4n) is 0.799. The molecule has 0 bridgehead atoms. The molecule has 0 aliphatic rings. The molecule has 0 rings (SSSR count). The van der Waals surface area contributed by atoms with Crippen molar-refractivity contribution >= 4 is 9.52 Å². The molecule has 0 radical (unpaired) electrons. The number of hydrogen-bond donors (Lipinski definition) is 1. The van der Waals surface area contributed by atoms with Gasteiger partial charge in [-0.2, -0.15) is 0 Å². The topological polar surface area (TPSA) is 12.0 Å². The Kier molecular flexibility index (Phi) is 8.84. The molecule has 0 fully saturated rings. The molecule has 0 unspecified atom stereocenters. The van der Waals surface area contributed by atoms with E-state index in [-0.39, 0.29) is 9.52 Å². The average Bonchev–Trinajstić information content (AvgIpc) is 1.97. The summed E-state index contributed by atoms with van der Waals surface area (Å²) in [6.07, 6.45) is 4.89. The normalized spacial score (nSPS) is 12.2. The molecule has 0 aromatic rings. The van der Waals surface area contributed by atoms with E-state index in [1.165, 1.54) is 25.4 Å². The zero-order valence-corrected chi connectivity index (χ0v) is 8.60. The van der Waals surface area contributed by atoms with E-state index in [1.807, 2.05) is 7.05 Å². The Bertz CT molecular complexity index is 81.3. The lowest BCUT2D eigenvalue weighted by Crippen LogP contribution is -2.08. The van der Waals surface area contributed by atoms with Crippen molar-refractivity contribution in [2.24, 2.45) is 0 Å². The maximum absolute atomic E-state index is 3.16. The third kappa shape index (κ3) is 7.92. The Morgan fingerprint density at radius 1 is 1.50 bits per heavy atom. The SMILES string of the molecule is CCCC=C[SiH2]CCNC. The minimum Gasteiger partial charge on any atom is -0.320 e. The number of nitrogens with one attached hydrogen (secondary N) is 1. The van der Waals surface area contributed by atoms with Crippen molar-refractivity contribution in [3.8, 4) is 0 Å². The number of hydrogen-bond acceptors (Lipinski definition) is 1. The molecule has 0 spiro atoms. The second kappa shape index (κ2) is 8.92. The Morgan fingerprint density at radius 2 is 2.30 bits per heavy atom. The highest BCUT2D eigenvalue weighted by atomic mass is 28.2. The highest BCUT2D eigenvalue weighted by molar-refractivity contribution is 6.42. The van der Waals surface area contributed by atoms with Gasteiger partial charge >= 0.3 is 0 Å². The summed E-state index contributed by atoms with van der Waals surface area (Å²) >= 11 is 0. The van der Waals surface area contributed by atoms with Gasteiger partial charge in [0.1, 0.15) is 0 Å². The van der Waals surface area contributed by atoms with E-state index in [9.17, 15) is 0 Å². The molecular weight excluding hydrogens is 138 g/mol. The molecule has 0 saturated heterocycles. The van der Waals surface area contributed by atoms with E-state index >= 15 is 0 Å². The van der Waals surface area contributed by atoms with Crippen LogP contribution in [-0.4, -0.2) is 23.1 Å². The van der Waals surface area contributed by atoms with Crippen LogP contribution in [0, 0.1) is 0 Å². The van der Waals surface area contributed by atoms with Crippen LogP contribution in [0.25, 0.3) is 0 Å². The monoisotopic (exact) mass is 157 g/mol. The summed E-state index contributed by atoms with van der Waals surface area (Å²) in [6, 6.07) is 1.40. The fourth-order valence-corrected chi connectivity index (χ4v) is 2.06. The first-order valence-electron chi connectivity index (χ1n) is 4.21. The molecule has 0 heterocycles. The summed E-state index contributed by atoms with van der Waals surface area (Å²) in [6.45, 7) is 3.42. The van der Waals surface area contributed by atoms with E-state index in [1.54, 1.807) is 0 Å². The predicted molar refractivity (Wildman–Crippen MR) is 51.3 cm³/mol. The summed E-state index contributed by atoms with van der Waals surface area (Å²) < 4.78 is 0. The van der Waals surface area contributed by atoms with Gasteiger partial charge < -0.3 is 5.32 Å². The van der Waals surface area contributed by atoms with Crippen LogP contribution in [0.5, 0.6) is 0 Å². The Balaban J connectivity index is 2.88. The molecule has 10 heavy (non-hydrogen) atoms. The second-order valence-corrected chi connectivity index (χ2v) is 4.26. The van der Waals surface area contributed by atoms with Gasteiger partial charge in [0.05, 0.1) is 0 Å². The van der Waals surface area contributed by atoms with E-state index in [2.05, 4.69) is 24.0 Å². The first-order valence-corrected chi connectivity index (χ1v) is 6.03. The third-order valence-corrected chi connectivity index (χ3v) is 2.85. The quantitative estimate of drug-likeness (QED) is 0.450. The lowest BCUT2D eigenvalue weighted by atomic mass is 10.3. The van der Waals surface area contributed by atoms with Crippen LogP contribution in [-0.2, 0) is 0 Å². The molecule has 0 aromatic heterocycles. The summed E-state index contributed by atoms with van der Waals surface area (Å²) in [7, 11) is 2.15. The smallest absolute Gasteiger partial charge is 0.0462 e. The van der Waals surface area contributed by atoms with Crippen molar-refractivity contribution in [2.45, 2.75) is 25.8 Å². The van der Waals surface area contributed by atoms with Gasteiger partial charge in [-0.15, -0.1) is 5.70 Å². The Morgan fingerprint density at radius 3 is 2.90 bits per heavy atom. The molecule has 0 aliphatic carbocycles. The molecule has 60 valence electrons. The van der Waals surface area contributed by atoms with Gasteiger partial charge in [-0.3, -0.25) is 0 Å². The first-order chi connectivity index (χ1) is 4.91. The van der Waals surface area contributed by atoms with Gasteiger partial charge in [-0.05, 0) is 26.1 Å². The molecule has 0 saturated carbocycles. The lowest BCUT2D eigenvalue weighted by Gasteiger charge is -1.92. The minimum absolute atomic E-state index is 0.137. The van der Waals surface area contributed by atoms with Crippen LogP contribution >= 0.6 is 0 Å². The lowest BCUT2D eigenvalue weighted by molar-refractivity contribution is 0.860. The zero-order chi connectivity index (χ0) is 7.66. The van der Waals surface area contributed by atoms with Gasteiger partial charge in [0.2, 0.25) is 0 Å². The maximum atomic E-state index is 3.16. The number of unbranched alkanes of at least 4 members (excludes halogenated alkanes) is 1. The van der Waals surface area contributed by atoms with Crippen molar-refractivity contribution in [1.29, 1.82) is 0 Å². The molecular formula is C8H19NSi. The van der Waals surface area contributed by atoms with Crippen molar-refractivity contribution in [2.75, 3.05) is 13.6 Å². The van der Waals surface area contributed by atoms with Crippen molar-refractivity contribution < 1.29 is 0 Å². The summed E-state index contributed by atoms with van der Waals surface area (Å²) in [5.74, 6) is 0. The van der Waals surface area contributed by atoms with Gasteiger partial charge in [-0.1, -0.05) is 19.4 Å². The fraction of sp³-hybridized carbons (Fsp3) is 0.750. The molecule has 1 nitrogen and oxygen atoms in total. The van der Waals surface area contributed by atoms with E-state index < -0.39 is 0 Å². The van der Waals surface area contributed by atoms with E-state index in [0.717, 1.165) is 0 Å². The second-order valence-electron chi connectivity index (χ2n) is 2.51. The largest absolute Gasteiger partial charge is 0.320 e. The Hall–Kier alpha value is -0.0831. The Labute approximate surface area is 66.7 Å². The van der Waals surface area contributed by atoms with Crippen LogP contribution < -0.4 is 5.32 Å². The van der Waals surface area contributed by atoms with Crippen LogP contribution in [0.4, 0.5) is 0 Å². The highest BCUT2D eigenvalue weighted by Gasteiger charge is 1.80. The van der Waals surface area contributed by atoms with E-state index in [0.29, 0.717) is 0 Å². The number of rotatable bonds is 6. The van der Waals surface area contributed by atoms with Crippen molar-refractivity contribution in [1.82, 2.24) is 5.32 Å². The third-order valence-electron chi connectivity index (χ3n) is 1.42. The summed E-state index contributed by atoms with van der Waals surface area (Å²) in [5, 5.41) is 3.16. The van der Waals surface area contributed by atoms with Crippen LogP contribution in [0.15, 0.2) is 11.8 Å². The van der Waals surface area contributed by atoms with Gasteiger partial charge in [0, 0.05) is 9.52 Å². The molecule has 0 amide bonds. The zero-order valence-electron chi connectivity index (χ0n) is 7.19. The molecule has 0 aliphatic heterocycles. The predicted octanol–water partition coefficient (Wildman–Crippen LogP) is 1.11. The van der Waals surface area contributed by atoms with Crippen molar-refractivity contribution in [3.05, 3.63) is 11.8 Å². The number of allylic oxidation sites excluding steroid dienone is 1. The van der Waals surface area contributed by atoms with E-state index in [4.69, 9.17) is 0 Å². The van der Waals surface area contributed by atoms with Crippen LogP contribution in [0.3, 0.4) is 0 Å². The highest BCUT2D eigenvalue weighted by Crippen LogP contribution is 1.87. The van der Waals surface area contributed by atoms with Gasteiger partial charge in [0.25, 0.3) is 0 Å². The first kappa shape index (κ1) is 9.92. The van der Waals surface area contributed by atoms with Gasteiger partial charge in [0.15, 0.2) is 0 Å². The van der Waals surface area contributed by atoms with Crippen LogP contribution in [0.1, 0.15) is 19.8 Å². The average molecular weight is 157 g/mol. The maximum Gasteiger partial charge on any atom is 0.0462 e. The molecule has 2 heteroatoms. The minimum atomic E-state index is 0.137. The van der Waals surface area contributed by atoms with Crippen molar-refractivity contribution in [3.63, 3.8) is 0 Å².